The molecule has 8 heteroatoms. The number of nitrogens with one attached hydrogen (secondary N) is 1. The molecule has 21 heavy (non-hydrogen) atoms. The molecule has 0 aromatic heterocycles. The second-order valence-corrected chi connectivity index (χ2v) is 4.28. The van der Waals surface area contributed by atoms with Crippen molar-refractivity contribution in [2.75, 3.05) is 20.1 Å². The zero-order chi connectivity index (χ0) is 16.2. The molecule has 2 amide bonds. The summed E-state index contributed by atoms with van der Waals surface area (Å²) in [6.45, 7) is 1.71. The summed E-state index contributed by atoms with van der Waals surface area (Å²) in [7, 11) is 1.50. The van der Waals surface area contributed by atoms with Crippen LogP contribution in [0, 0.1) is 5.82 Å². The van der Waals surface area contributed by atoms with E-state index in [0.29, 0.717) is 24.7 Å². The van der Waals surface area contributed by atoms with E-state index < -0.39 is 41.5 Å². The fourth-order valence-corrected chi connectivity index (χ4v) is 1.44. The van der Waals surface area contributed by atoms with Gasteiger partial charge in [0.1, 0.15) is 5.82 Å². The van der Waals surface area contributed by atoms with Crippen LogP contribution < -0.4 is 5.32 Å². The second kappa shape index (κ2) is 6.55. The molecule has 0 atom stereocenters. The Labute approximate surface area is 118 Å². The molecule has 0 fully saturated rings. The number of benzene rings is 1. The molecule has 1 N–H and O–H groups in total. The number of nitrogens with zero attached hydrogens (tertiary/aromatic N) is 1. The van der Waals surface area contributed by atoms with Crippen LogP contribution in [-0.2, 0) is 11.0 Å². The van der Waals surface area contributed by atoms with E-state index in [-0.39, 0.29) is 0 Å². The number of likely N-dealkylation sites (N-methyl/N-ethyl adjacent to an activating group) is 1. The van der Waals surface area contributed by atoms with Gasteiger partial charge in [0.15, 0.2) is 0 Å². The number of amides is 2. The molecule has 0 bridgehead atoms. The molecule has 0 heterocycles. The molecule has 0 saturated carbocycles. The van der Waals surface area contributed by atoms with E-state index >= 15 is 0 Å². The van der Waals surface area contributed by atoms with Crippen molar-refractivity contribution < 1.29 is 27.2 Å². The Morgan fingerprint density at radius 2 is 1.90 bits per heavy atom. The molecule has 1 aromatic carbocycles. The summed E-state index contributed by atoms with van der Waals surface area (Å²) >= 11 is 0. The van der Waals surface area contributed by atoms with E-state index in [1.807, 2.05) is 0 Å². The van der Waals surface area contributed by atoms with Crippen molar-refractivity contribution in [3.05, 3.63) is 35.1 Å². The lowest BCUT2D eigenvalue weighted by molar-refractivity contribution is -0.137. The number of halogens is 4. The van der Waals surface area contributed by atoms with Crippen LogP contribution in [0.1, 0.15) is 22.8 Å². The summed E-state index contributed by atoms with van der Waals surface area (Å²) in [4.78, 5) is 24.4. The Balaban J connectivity index is 2.85. The lowest BCUT2D eigenvalue weighted by atomic mass is 10.1. The lowest BCUT2D eigenvalue weighted by Crippen LogP contribution is -2.38. The van der Waals surface area contributed by atoms with Gasteiger partial charge in [-0.3, -0.25) is 9.59 Å². The number of carbonyl (C=O) groups is 2. The van der Waals surface area contributed by atoms with Crippen molar-refractivity contribution in [2.45, 2.75) is 13.1 Å². The first kappa shape index (κ1) is 16.9. The Morgan fingerprint density at radius 3 is 2.43 bits per heavy atom. The van der Waals surface area contributed by atoms with Gasteiger partial charge in [-0.1, -0.05) is 0 Å². The first-order chi connectivity index (χ1) is 9.66. The number of hydrogen-bond acceptors (Lipinski definition) is 2. The van der Waals surface area contributed by atoms with Gasteiger partial charge in [-0.05, 0) is 25.1 Å². The maximum Gasteiger partial charge on any atom is 0.416 e. The van der Waals surface area contributed by atoms with Crippen LogP contribution in [0.2, 0.25) is 0 Å². The zero-order valence-corrected chi connectivity index (χ0v) is 11.4. The first-order valence-electron chi connectivity index (χ1n) is 6.05. The van der Waals surface area contributed by atoms with Gasteiger partial charge in [-0.2, -0.15) is 13.2 Å². The summed E-state index contributed by atoms with van der Waals surface area (Å²) in [5, 5.41) is 2.10. The predicted octanol–water partition coefficient (Wildman–Crippen LogP) is 2.05. The van der Waals surface area contributed by atoms with Crippen LogP contribution in [0.25, 0.3) is 0 Å². The fourth-order valence-electron chi connectivity index (χ4n) is 1.44. The van der Waals surface area contributed by atoms with Crippen molar-refractivity contribution in [2.24, 2.45) is 0 Å². The van der Waals surface area contributed by atoms with E-state index in [4.69, 9.17) is 0 Å². The predicted molar refractivity (Wildman–Crippen MR) is 67.0 cm³/mol. The summed E-state index contributed by atoms with van der Waals surface area (Å²) < 4.78 is 51.0. The number of carbonyl (C=O) groups excluding carboxylic acids is 2. The van der Waals surface area contributed by atoms with Crippen molar-refractivity contribution in [3.63, 3.8) is 0 Å². The van der Waals surface area contributed by atoms with Crippen LogP contribution in [0.3, 0.4) is 0 Å². The SMILES string of the molecule is CCN(C)C(=O)CNC(=O)c1cc(C(F)(F)F)ccc1F. The van der Waals surface area contributed by atoms with E-state index in [2.05, 4.69) is 5.32 Å². The Hall–Kier alpha value is -2.12. The average Bonchev–Trinajstić information content (AvgIpc) is 2.42. The Bertz CT molecular complexity index is 543. The molecular formula is C13H14F4N2O2. The molecule has 0 aliphatic heterocycles. The number of hydrogen-bond donors (Lipinski definition) is 1. The highest BCUT2D eigenvalue weighted by molar-refractivity contribution is 5.96. The van der Waals surface area contributed by atoms with Gasteiger partial charge in [-0.25, -0.2) is 4.39 Å². The van der Waals surface area contributed by atoms with Crippen molar-refractivity contribution in [3.8, 4) is 0 Å². The van der Waals surface area contributed by atoms with Crippen LogP contribution in [0.4, 0.5) is 17.6 Å². The minimum atomic E-state index is -4.68. The van der Waals surface area contributed by atoms with Crippen molar-refractivity contribution in [1.29, 1.82) is 0 Å². The highest BCUT2D eigenvalue weighted by Gasteiger charge is 2.32. The molecule has 0 saturated heterocycles. The molecule has 116 valence electrons. The summed E-state index contributed by atoms with van der Waals surface area (Å²) in [5.74, 6) is -2.59. The Kier molecular flexibility index (Phi) is 5.28. The third kappa shape index (κ3) is 4.44. The maximum absolute atomic E-state index is 13.4. The molecule has 0 unspecified atom stereocenters. The van der Waals surface area contributed by atoms with Crippen molar-refractivity contribution >= 4 is 11.8 Å². The van der Waals surface area contributed by atoms with Gasteiger partial charge in [0.05, 0.1) is 17.7 Å². The Morgan fingerprint density at radius 1 is 1.29 bits per heavy atom. The molecular weight excluding hydrogens is 292 g/mol. The number of alkyl halides is 3. The molecule has 1 rings (SSSR count). The molecule has 4 nitrogen and oxygen atoms in total. The second-order valence-electron chi connectivity index (χ2n) is 4.28. The van der Waals surface area contributed by atoms with Gasteiger partial charge in [-0.15, -0.1) is 0 Å². The average molecular weight is 306 g/mol. The zero-order valence-electron chi connectivity index (χ0n) is 11.4. The smallest absolute Gasteiger partial charge is 0.345 e. The minimum Gasteiger partial charge on any atom is -0.345 e. The topological polar surface area (TPSA) is 49.4 Å². The standard InChI is InChI=1S/C13H14F4N2O2/c1-3-19(2)11(20)7-18-12(21)9-6-8(13(15,16)17)4-5-10(9)14/h4-6H,3,7H2,1-2H3,(H,18,21). The quantitative estimate of drug-likeness (QED) is 0.866. The third-order valence-electron chi connectivity index (χ3n) is 2.84. The molecule has 0 spiro atoms. The highest BCUT2D eigenvalue weighted by Crippen LogP contribution is 2.30. The summed E-state index contributed by atoms with van der Waals surface area (Å²) in [5.41, 5.74) is -1.89. The molecule has 0 radical (unpaired) electrons. The molecule has 1 aromatic rings. The van der Waals surface area contributed by atoms with Crippen LogP contribution in [0.5, 0.6) is 0 Å². The van der Waals surface area contributed by atoms with E-state index in [1.165, 1.54) is 11.9 Å². The largest absolute Gasteiger partial charge is 0.416 e. The monoisotopic (exact) mass is 306 g/mol. The maximum atomic E-state index is 13.4. The highest BCUT2D eigenvalue weighted by atomic mass is 19.4. The molecule has 0 aliphatic rings. The molecule has 0 aliphatic carbocycles. The first-order valence-corrected chi connectivity index (χ1v) is 6.05. The van der Waals surface area contributed by atoms with Gasteiger partial charge >= 0.3 is 6.18 Å². The van der Waals surface area contributed by atoms with Gasteiger partial charge in [0.25, 0.3) is 5.91 Å². The summed E-state index contributed by atoms with van der Waals surface area (Å²) in [6, 6.07) is 1.53. The minimum absolute atomic E-state index is 0.409. The normalized spacial score (nSPS) is 11.1. The van der Waals surface area contributed by atoms with Crippen molar-refractivity contribution in [1.82, 2.24) is 10.2 Å². The van der Waals surface area contributed by atoms with Crippen LogP contribution in [0.15, 0.2) is 18.2 Å². The fraction of sp³-hybridized carbons (Fsp3) is 0.385. The third-order valence-corrected chi connectivity index (χ3v) is 2.84. The van der Waals surface area contributed by atoms with E-state index in [0.717, 1.165) is 0 Å². The number of rotatable bonds is 4. The summed E-state index contributed by atoms with van der Waals surface area (Å²) in [6.07, 6.45) is -4.68. The van der Waals surface area contributed by atoms with E-state index in [9.17, 15) is 27.2 Å². The van der Waals surface area contributed by atoms with Gasteiger partial charge < -0.3 is 10.2 Å². The lowest BCUT2D eigenvalue weighted by Gasteiger charge is -2.15. The van der Waals surface area contributed by atoms with Gasteiger partial charge in [0, 0.05) is 13.6 Å². The van der Waals surface area contributed by atoms with Crippen LogP contribution >= 0.6 is 0 Å². The van der Waals surface area contributed by atoms with E-state index in [1.54, 1.807) is 6.92 Å². The van der Waals surface area contributed by atoms with Crippen LogP contribution in [-0.4, -0.2) is 36.9 Å². The van der Waals surface area contributed by atoms with Gasteiger partial charge in [0.2, 0.25) is 5.91 Å².